The van der Waals surface area contributed by atoms with Crippen LogP contribution in [-0.2, 0) is 21.5 Å². The first kappa shape index (κ1) is 37.0. The van der Waals surface area contributed by atoms with Crippen molar-refractivity contribution in [1.82, 2.24) is 25.6 Å². The molecule has 0 spiro atoms. The minimum Gasteiger partial charge on any atom is -0.454 e. The monoisotopic (exact) mass is 727 g/mol. The highest BCUT2D eigenvalue weighted by Crippen LogP contribution is 2.48. The van der Waals surface area contributed by atoms with Crippen molar-refractivity contribution >= 4 is 46.8 Å². The summed E-state index contributed by atoms with van der Waals surface area (Å²) < 4.78 is 57.0. The van der Waals surface area contributed by atoms with Gasteiger partial charge in [0.2, 0.25) is 17.7 Å². The molecule has 11 nitrogen and oxygen atoms in total. The number of hydrogen-bond acceptors (Lipinski definition) is 9. The van der Waals surface area contributed by atoms with Crippen molar-refractivity contribution < 1.29 is 36.7 Å². The largest absolute Gasteiger partial charge is 0.454 e. The Morgan fingerprint density at radius 1 is 0.882 bits per heavy atom. The van der Waals surface area contributed by atoms with Gasteiger partial charge in [-0.15, -0.1) is 0 Å². The molecule has 1 saturated carbocycles. The van der Waals surface area contributed by atoms with Gasteiger partial charge in [0.15, 0.2) is 6.61 Å². The quantitative estimate of drug-likeness (QED) is 0.0839. The molecule has 5 rings (SSSR count). The number of benzene rings is 3. The van der Waals surface area contributed by atoms with Crippen LogP contribution in [0.1, 0.15) is 48.2 Å². The van der Waals surface area contributed by atoms with Crippen LogP contribution in [0.5, 0.6) is 6.01 Å². The predicted octanol–water partition coefficient (Wildman–Crippen LogP) is 6.13. The van der Waals surface area contributed by atoms with E-state index in [0.717, 1.165) is 18.4 Å². The van der Waals surface area contributed by atoms with Crippen molar-refractivity contribution in [1.29, 1.82) is 0 Å². The van der Waals surface area contributed by atoms with Crippen LogP contribution in [0.3, 0.4) is 0 Å². The lowest BCUT2D eigenvalue weighted by molar-refractivity contribution is -0.154. The van der Waals surface area contributed by atoms with Crippen LogP contribution in [0.15, 0.2) is 72.8 Å². The first-order chi connectivity index (χ1) is 24.1. The van der Waals surface area contributed by atoms with Gasteiger partial charge in [-0.2, -0.15) is 28.1 Å². The van der Waals surface area contributed by atoms with Gasteiger partial charge < -0.3 is 26.0 Å². The molecule has 0 bridgehead atoms. The average molecular weight is 728 g/mol. The second-order valence-corrected chi connectivity index (χ2v) is 13.3. The molecule has 1 aromatic heterocycles. The van der Waals surface area contributed by atoms with Crippen LogP contribution < -0.4 is 26.0 Å². The Morgan fingerprint density at radius 2 is 1.55 bits per heavy atom. The predicted molar refractivity (Wildman–Crippen MR) is 181 cm³/mol. The summed E-state index contributed by atoms with van der Waals surface area (Å²) in [5, 5.41) is 12.0. The van der Waals surface area contributed by atoms with Crippen LogP contribution in [-0.4, -0.2) is 58.4 Å². The van der Waals surface area contributed by atoms with Gasteiger partial charge in [0.1, 0.15) is 5.82 Å². The molecule has 1 aliphatic rings. The topological polar surface area (TPSA) is 147 Å². The van der Waals surface area contributed by atoms with Crippen LogP contribution in [0.4, 0.5) is 35.1 Å². The number of nitrogens with one attached hydrogen (secondary N) is 4. The molecule has 4 N–H and O–H groups in total. The Labute approximate surface area is 295 Å². The Balaban J connectivity index is 1.17. The third-order valence-corrected chi connectivity index (χ3v) is 8.09. The second kappa shape index (κ2) is 15.3. The number of ketones is 1. The molecule has 16 heteroatoms. The maximum Gasteiger partial charge on any atom is 0.422 e. The van der Waals surface area contributed by atoms with Gasteiger partial charge >= 0.3 is 12.2 Å². The Kier molecular flexibility index (Phi) is 11.1. The number of anilines is 3. The molecule has 268 valence electrons. The number of amides is 2. The van der Waals surface area contributed by atoms with E-state index < -0.39 is 53.2 Å². The van der Waals surface area contributed by atoms with Crippen molar-refractivity contribution in [2.24, 2.45) is 5.41 Å². The number of carbonyl (C=O) groups excluding carboxylic acids is 3. The standard InChI is InChI=1S/C35H34ClF4N7O4/c1-33(2,19-42-29(50)27(48)17-21-4-3-5-25(37)16-21)18-41-28(49)22-6-12-26(13-7-22)43-30-44-31(46-32(45-30)51-20-35(38,39)40)47-34(14-15-34)23-8-10-24(36)11-9-23/h3-13,16H,14-15,17-20H2,1-2H3,(H,41,49)(H,42,50)(H2,43,44,45,46,47). The third kappa shape index (κ3) is 10.8. The number of hydrogen-bond donors (Lipinski definition) is 4. The molecule has 1 aliphatic carbocycles. The molecule has 0 atom stereocenters. The molecular formula is C35H34ClF4N7O4. The number of nitrogens with zero attached hydrogens (tertiary/aromatic N) is 3. The molecular weight excluding hydrogens is 694 g/mol. The Hall–Kier alpha value is -5.31. The lowest BCUT2D eigenvalue weighted by atomic mass is 9.93. The highest BCUT2D eigenvalue weighted by molar-refractivity contribution is 6.36. The van der Waals surface area contributed by atoms with Crippen molar-refractivity contribution in [3.8, 4) is 6.01 Å². The molecule has 0 saturated heterocycles. The zero-order valence-corrected chi connectivity index (χ0v) is 28.3. The highest BCUT2D eigenvalue weighted by atomic mass is 35.5. The fourth-order valence-electron chi connectivity index (χ4n) is 4.92. The third-order valence-electron chi connectivity index (χ3n) is 7.84. The SMILES string of the molecule is CC(C)(CNC(=O)C(=O)Cc1cccc(F)c1)CNC(=O)c1ccc(Nc2nc(NC3(c4ccc(Cl)cc4)CC3)nc(OCC(F)(F)F)n2)cc1. The van der Waals surface area contributed by atoms with E-state index in [2.05, 4.69) is 36.2 Å². The summed E-state index contributed by atoms with van der Waals surface area (Å²) in [7, 11) is 0. The van der Waals surface area contributed by atoms with Gasteiger partial charge in [-0.25, -0.2) is 4.39 Å². The van der Waals surface area contributed by atoms with Gasteiger partial charge in [-0.3, -0.25) is 14.4 Å². The maximum atomic E-state index is 13.4. The molecule has 51 heavy (non-hydrogen) atoms. The van der Waals surface area contributed by atoms with E-state index in [1.807, 2.05) is 12.1 Å². The Morgan fingerprint density at radius 3 is 2.20 bits per heavy atom. The molecule has 1 fully saturated rings. The van der Waals surface area contributed by atoms with E-state index in [4.69, 9.17) is 16.3 Å². The second-order valence-electron chi connectivity index (χ2n) is 12.8. The summed E-state index contributed by atoms with van der Waals surface area (Å²) in [6.45, 7) is 2.23. The molecule has 0 unspecified atom stereocenters. The summed E-state index contributed by atoms with van der Waals surface area (Å²) in [6, 6.07) is 18.3. The van der Waals surface area contributed by atoms with E-state index in [9.17, 15) is 31.9 Å². The number of alkyl halides is 3. The normalized spacial score (nSPS) is 13.5. The van der Waals surface area contributed by atoms with Crippen molar-refractivity contribution in [2.75, 3.05) is 30.3 Å². The van der Waals surface area contributed by atoms with E-state index in [1.54, 1.807) is 44.2 Å². The van der Waals surface area contributed by atoms with Gasteiger partial charge in [0.25, 0.3) is 11.8 Å². The number of Topliss-reactive ketones (excluding diaryl/α,β-unsaturated/α-hetero) is 1. The fourth-order valence-corrected chi connectivity index (χ4v) is 5.05. The molecule has 1 heterocycles. The zero-order valence-electron chi connectivity index (χ0n) is 27.5. The van der Waals surface area contributed by atoms with Crippen LogP contribution in [0.25, 0.3) is 0 Å². The van der Waals surface area contributed by atoms with E-state index in [-0.39, 0.29) is 31.4 Å². The molecule has 0 radical (unpaired) electrons. The average Bonchev–Trinajstić information content (AvgIpc) is 3.85. The summed E-state index contributed by atoms with van der Waals surface area (Å²) in [5.41, 5.74) is 0.867. The summed E-state index contributed by atoms with van der Waals surface area (Å²) in [5.74, 6) is -2.52. The lowest BCUT2D eigenvalue weighted by Crippen LogP contribution is -2.44. The number of ether oxygens (including phenoxy) is 1. The number of halogens is 5. The van der Waals surface area contributed by atoms with E-state index in [1.165, 1.54) is 30.3 Å². The van der Waals surface area contributed by atoms with Gasteiger partial charge in [0, 0.05) is 35.8 Å². The minimum absolute atomic E-state index is 0.00266. The van der Waals surface area contributed by atoms with Crippen LogP contribution in [0, 0.1) is 11.2 Å². The van der Waals surface area contributed by atoms with Gasteiger partial charge in [0.05, 0.1) is 5.54 Å². The smallest absolute Gasteiger partial charge is 0.422 e. The lowest BCUT2D eigenvalue weighted by Gasteiger charge is -2.25. The fraction of sp³-hybridized carbons (Fsp3) is 0.314. The summed E-state index contributed by atoms with van der Waals surface area (Å²) >= 11 is 6.02. The first-order valence-electron chi connectivity index (χ1n) is 15.8. The van der Waals surface area contributed by atoms with Crippen molar-refractivity contribution in [2.45, 2.75) is 44.8 Å². The molecule has 4 aromatic rings. The Bertz CT molecular complexity index is 1890. The maximum absolute atomic E-state index is 13.4. The number of carbonyl (C=O) groups is 3. The van der Waals surface area contributed by atoms with Crippen LogP contribution in [0.2, 0.25) is 5.02 Å². The molecule has 3 aromatic carbocycles. The van der Waals surface area contributed by atoms with Crippen molar-refractivity contribution in [3.63, 3.8) is 0 Å². The first-order valence-corrected chi connectivity index (χ1v) is 16.2. The number of rotatable bonds is 15. The summed E-state index contributed by atoms with van der Waals surface area (Å²) in [6.07, 6.45) is -3.39. The van der Waals surface area contributed by atoms with Crippen LogP contribution >= 0.6 is 11.6 Å². The highest BCUT2D eigenvalue weighted by Gasteiger charge is 2.45. The van der Waals surface area contributed by atoms with Gasteiger partial charge in [-0.05, 0) is 77.9 Å². The van der Waals surface area contributed by atoms with E-state index >= 15 is 0 Å². The van der Waals surface area contributed by atoms with E-state index in [0.29, 0.717) is 21.8 Å². The van der Waals surface area contributed by atoms with Gasteiger partial charge in [-0.1, -0.05) is 49.7 Å². The zero-order chi connectivity index (χ0) is 36.8. The molecule has 2 amide bonds. The minimum atomic E-state index is -4.61. The van der Waals surface area contributed by atoms with Crippen molar-refractivity contribution in [3.05, 3.63) is 100 Å². The molecule has 0 aliphatic heterocycles. The number of aromatic nitrogens is 3. The summed E-state index contributed by atoms with van der Waals surface area (Å²) in [4.78, 5) is 49.9.